The van der Waals surface area contributed by atoms with Crippen LogP contribution in [0.5, 0.6) is 0 Å². The molecule has 2 atom stereocenters. The first-order valence-corrected chi connectivity index (χ1v) is 11.2. The molecule has 1 heterocycles. The van der Waals surface area contributed by atoms with E-state index in [0.29, 0.717) is 35.8 Å². The summed E-state index contributed by atoms with van der Waals surface area (Å²) in [7, 11) is 1.77. The first-order chi connectivity index (χ1) is 15.1. The molecule has 2 aromatic carbocycles. The lowest BCUT2D eigenvalue weighted by atomic mass is 9.97. The van der Waals surface area contributed by atoms with Crippen LogP contribution in [0.25, 0.3) is 0 Å². The minimum absolute atomic E-state index is 0. The molecule has 174 valence electrons. The van der Waals surface area contributed by atoms with E-state index in [1.54, 1.807) is 25.2 Å². The molecular weight excluding hydrogens is 537 g/mol. The molecule has 0 aliphatic carbocycles. The first kappa shape index (κ1) is 26.4. The third-order valence-corrected chi connectivity index (χ3v) is 5.96. The quantitative estimate of drug-likeness (QED) is 0.205. The summed E-state index contributed by atoms with van der Waals surface area (Å²) in [6.07, 6.45) is 2.14. The molecule has 0 bridgehead atoms. The maximum Gasteiger partial charge on any atom is 0.252 e. The van der Waals surface area contributed by atoms with Crippen molar-refractivity contribution < 1.29 is 4.79 Å². The van der Waals surface area contributed by atoms with Gasteiger partial charge in [-0.3, -0.25) is 14.7 Å². The normalized spacial score (nSPS) is 19.0. The maximum atomic E-state index is 12.2. The minimum atomic E-state index is -0.171. The summed E-state index contributed by atoms with van der Waals surface area (Å²) >= 11 is 6.07. The van der Waals surface area contributed by atoms with Gasteiger partial charge in [0.05, 0.1) is 10.6 Å². The zero-order valence-electron chi connectivity index (χ0n) is 18.7. The average molecular weight is 570 g/mol. The lowest BCUT2D eigenvalue weighted by Gasteiger charge is -2.38. The zero-order chi connectivity index (χ0) is 22.1. The topological polar surface area (TPSA) is 68.8 Å². The number of piperidine rings is 1. The van der Waals surface area contributed by atoms with E-state index in [9.17, 15) is 4.79 Å². The Morgan fingerprint density at radius 1 is 1.09 bits per heavy atom. The SMILES string of the molecule is CN=C(NCCNC(=O)c1ccccc1Cl)NC1CCN(Cc2ccccc2)C(C)C1.I. The fraction of sp³-hybridized carbons (Fsp3) is 0.417. The zero-order valence-corrected chi connectivity index (χ0v) is 21.8. The van der Waals surface area contributed by atoms with Gasteiger partial charge in [-0.25, -0.2) is 0 Å². The second-order valence-electron chi connectivity index (χ2n) is 7.91. The van der Waals surface area contributed by atoms with E-state index in [4.69, 9.17) is 11.6 Å². The average Bonchev–Trinajstić information content (AvgIpc) is 2.78. The molecule has 0 radical (unpaired) electrons. The van der Waals surface area contributed by atoms with E-state index in [1.165, 1.54) is 5.56 Å². The molecule has 0 spiro atoms. The van der Waals surface area contributed by atoms with Crippen molar-refractivity contribution in [1.82, 2.24) is 20.9 Å². The fourth-order valence-electron chi connectivity index (χ4n) is 3.89. The number of nitrogens with one attached hydrogen (secondary N) is 3. The Morgan fingerprint density at radius 3 is 2.47 bits per heavy atom. The van der Waals surface area contributed by atoms with Gasteiger partial charge in [-0.15, -0.1) is 24.0 Å². The predicted octanol–water partition coefficient (Wildman–Crippen LogP) is 3.91. The van der Waals surface area contributed by atoms with Gasteiger partial charge < -0.3 is 16.0 Å². The van der Waals surface area contributed by atoms with E-state index >= 15 is 0 Å². The number of likely N-dealkylation sites (tertiary alicyclic amines) is 1. The van der Waals surface area contributed by atoms with Gasteiger partial charge in [0.2, 0.25) is 0 Å². The number of carbonyl (C=O) groups excluding carboxylic acids is 1. The molecule has 1 aliphatic rings. The number of hydrogen-bond acceptors (Lipinski definition) is 3. The molecule has 32 heavy (non-hydrogen) atoms. The fourth-order valence-corrected chi connectivity index (χ4v) is 4.11. The third kappa shape index (κ3) is 7.94. The summed E-state index contributed by atoms with van der Waals surface area (Å²) in [5.74, 6) is 0.593. The van der Waals surface area contributed by atoms with Crippen LogP contribution in [-0.4, -0.2) is 55.5 Å². The van der Waals surface area contributed by atoms with E-state index < -0.39 is 0 Å². The number of aliphatic imine (C=N–C) groups is 1. The van der Waals surface area contributed by atoms with Crippen LogP contribution in [0, 0.1) is 0 Å². The number of guanidine groups is 1. The Balaban J connectivity index is 0.00000363. The van der Waals surface area contributed by atoms with Crippen LogP contribution in [0.2, 0.25) is 5.02 Å². The molecule has 1 amide bonds. The molecule has 2 unspecified atom stereocenters. The Labute approximate surface area is 213 Å². The largest absolute Gasteiger partial charge is 0.355 e. The first-order valence-electron chi connectivity index (χ1n) is 10.8. The smallest absolute Gasteiger partial charge is 0.252 e. The van der Waals surface area contributed by atoms with E-state index in [2.05, 4.69) is 63.1 Å². The molecule has 1 saturated heterocycles. The molecule has 0 saturated carbocycles. The van der Waals surface area contributed by atoms with Crippen molar-refractivity contribution in [2.75, 3.05) is 26.7 Å². The number of amides is 1. The van der Waals surface area contributed by atoms with Crippen LogP contribution in [-0.2, 0) is 6.54 Å². The highest BCUT2D eigenvalue weighted by Gasteiger charge is 2.25. The van der Waals surface area contributed by atoms with Gasteiger partial charge in [-0.2, -0.15) is 0 Å². The van der Waals surface area contributed by atoms with E-state index in [1.807, 2.05) is 6.07 Å². The van der Waals surface area contributed by atoms with Crippen LogP contribution in [0.1, 0.15) is 35.7 Å². The van der Waals surface area contributed by atoms with Crippen molar-refractivity contribution in [1.29, 1.82) is 0 Å². The highest BCUT2D eigenvalue weighted by molar-refractivity contribution is 14.0. The summed E-state index contributed by atoms with van der Waals surface area (Å²) in [5, 5.41) is 10.1. The molecule has 2 aromatic rings. The van der Waals surface area contributed by atoms with Gasteiger partial charge in [0.15, 0.2) is 5.96 Å². The Kier molecular flexibility index (Phi) is 11.3. The summed E-state index contributed by atoms with van der Waals surface area (Å²) in [6.45, 7) is 5.40. The van der Waals surface area contributed by atoms with E-state index in [0.717, 1.165) is 31.9 Å². The van der Waals surface area contributed by atoms with Crippen LogP contribution in [0.3, 0.4) is 0 Å². The number of halogens is 2. The Morgan fingerprint density at radius 2 is 1.78 bits per heavy atom. The number of nitrogens with zero attached hydrogens (tertiary/aromatic N) is 2. The van der Waals surface area contributed by atoms with Crippen molar-refractivity contribution in [3.8, 4) is 0 Å². The number of carbonyl (C=O) groups is 1. The standard InChI is InChI=1S/C24H32ClN5O.HI/c1-18-16-20(12-15-30(18)17-19-8-4-3-5-9-19)29-24(26-2)28-14-13-27-23(31)21-10-6-7-11-22(21)25;/h3-11,18,20H,12-17H2,1-2H3,(H,27,31)(H2,26,28,29);1H. The highest BCUT2D eigenvalue weighted by atomic mass is 127. The van der Waals surface area contributed by atoms with Crippen LogP contribution >= 0.6 is 35.6 Å². The van der Waals surface area contributed by atoms with Gasteiger partial charge in [0.25, 0.3) is 5.91 Å². The molecule has 3 N–H and O–H groups in total. The number of rotatable bonds is 7. The van der Waals surface area contributed by atoms with Crippen molar-refractivity contribution in [2.24, 2.45) is 4.99 Å². The number of benzene rings is 2. The molecule has 1 aliphatic heterocycles. The van der Waals surface area contributed by atoms with Crippen molar-refractivity contribution in [2.45, 2.75) is 38.4 Å². The van der Waals surface area contributed by atoms with Gasteiger partial charge >= 0.3 is 0 Å². The molecule has 0 aromatic heterocycles. The summed E-state index contributed by atoms with van der Waals surface area (Å²) < 4.78 is 0. The molecular formula is C24H33ClIN5O. The number of hydrogen-bond donors (Lipinski definition) is 3. The van der Waals surface area contributed by atoms with Crippen molar-refractivity contribution >= 4 is 47.4 Å². The summed E-state index contributed by atoms with van der Waals surface area (Å²) in [6, 6.07) is 18.6. The van der Waals surface area contributed by atoms with E-state index in [-0.39, 0.29) is 29.9 Å². The summed E-state index contributed by atoms with van der Waals surface area (Å²) in [4.78, 5) is 19.1. The van der Waals surface area contributed by atoms with Crippen molar-refractivity contribution in [3.05, 3.63) is 70.7 Å². The van der Waals surface area contributed by atoms with Gasteiger partial charge in [-0.1, -0.05) is 54.1 Å². The Hall–Kier alpha value is -1.84. The lowest BCUT2D eigenvalue weighted by Crippen LogP contribution is -2.52. The minimum Gasteiger partial charge on any atom is -0.355 e. The predicted molar refractivity (Wildman–Crippen MR) is 143 cm³/mol. The second-order valence-corrected chi connectivity index (χ2v) is 8.31. The monoisotopic (exact) mass is 569 g/mol. The maximum absolute atomic E-state index is 12.2. The van der Waals surface area contributed by atoms with Crippen LogP contribution in [0.4, 0.5) is 0 Å². The second kappa shape index (κ2) is 13.6. The third-order valence-electron chi connectivity index (χ3n) is 5.63. The van der Waals surface area contributed by atoms with Gasteiger partial charge in [-0.05, 0) is 37.5 Å². The highest BCUT2D eigenvalue weighted by Crippen LogP contribution is 2.20. The molecule has 3 rings (SSSR count). The van der Waals surface area contributed by atoms with Gasteiger partial charge in [0.1, 0.15) is 0 Å². The van der Waals surface area contributed by atoms with Crippen LogP contribution in [0.15, 0.2) is 59.6 Å². The van der Waals surface area contributed by atoms with Crippen molar-refractivity contribution in [3.63, 3.8) is 0 Å². The Bertz CT molecular complexity index is 880. The van der Waals surface area contributed by atoms with Crippen LogP contribution < -0.4 is 16.0 Å². The lowest BCUT2D eigenvalue weighted by molar-refractivity contribution is 0.0954. The molecule has 8 heteroatoms. The molecule has 1 fully saturated rings. The summed E-state index contributed by atoms with van der Waals surface area (Å²) in [5.41, 5.74) is 1.85. The van der Waals surface area contributed by atoms with Gasteiger partial charge in [0, 0.05) is 45.3 Å². The molecule has 6 nitrogen and oxygen atoms in total.